The van der Waals surface area contributed by atoms with Gasteiger partial charge in [-0.15, -0.1) is 6.58 Å². The Hall–Kier alpha value is -1.48. The predicted molar refractivity (Wildman–Crippen MR) is 59.4 cm³/mol. The van der Waals surface area contributed by atoms with Crippen LogP contribution in [0, 0.1) is 0 Å². The first-order valence-corrected chi connectivity index (χ1v) is 4.63. The highest BCUT2D eigenvalue weighted by molar-refractivity contribution is 5.51. The van der Waals surface area contributed by atoms with Crippen LogP contribution in [0.4, 0.5) is 5.69 Å². The predicted octanol–water partition coefficient (Wildman–Crippen LogP) is 1.42. The first-order chi connectivity index (χ1) is 6.84. The SMILES string of the molecule is C=CCNCCOc1ccccc1N. The second-order valence-corrected chi connectivity index (χ2v) is 2.88. The maximum absolute atomic E-state index is 5.70. The summed E-state index contributed by atoms with van der Waals surface area (Å²) in [6.07, 6.45) is 1.82. The van der Waals surface area contributed by atoms with Crippen LogP contribution in [0.1, 0.15) is 0 Å². The number of nitrogen functional groups attached to an aromatic ring is 1. The van der Waals surface area contributed by atoms with E-state index in [9.17, 15) is 0 Å². The Kier molecular flexibility index (Phi) is 4.58. The lowest BCUT2D eigenvalue weighted by atomic mass is 10.3. The Morgan fingerprint density at radius 3 is 2.93 bits per heavy atom. The minimum atomic E-state index is 0.613. The van der Waals surface area contributed by atoms with Gasteiger partial charge in [0, 0.05) is 13.1 Å². The van der Waals surface area contributed by atoms with E-state index in [-0.39, 0.29) is 0 Å². The largest absolute Gasteiger partial charge is 0.490 e. The first kappa shape index (κ1) is 10.6. The van der Waals surface area contributed by atoms with Crippen LogP contribution in [0.25, 0.3) is 0 Å². The van der Waals surface area contributed by atoms with Crippen LogP contribution in [0.3, 0.4) is 0 Å². The molecule has 0 saturated carbocycles. The summed E-state index contributed by atoms with van der Waals surface area (Å²) in [6.45, 7) is 5.81. The van der Waals surface area contributed by atoms with Gasteiger partial charge in [-0.05, 0) is 12.1 Å². The van der Waals surface area contributed by atoms with Gasteiger partial charge in [0.15, 0.2) is 0 Å². The highest BCUT2D eigenvalue weighted by Gasteiger charge is 1.96. The zero-order valence-corrected chi connectivity index (χ0v) is 8.20. The fourth-order valence-electron chi connectivity index (χ4n) is 1.05. The molecule has 3 N–H and O–H groups in total. The van der Waals surface area contributed by atoms with Gasteiger partial charge in [-0.25, -0.2) is 0 Å². The van der Waals surface area contributed by atoms with Crippen molar-refractivity contribution in [3.63, 3.8) is 0 Å². The number of nitrogens with one attached hydrogen (secondary N) is 1. The molecule has 0 unspecified atom stereocenters. The Bertz CT molecular complexity index is 286. The average Bonchev–Trinajstić information content (AvgIpc) is 2.20. The lowest BCUT2D eigenvalue weighted by molar-refractivity contribution is 0.318. The van der Waals surface area contributed by atoms with E-state index in [1.807, 2.05) is 30.3 Å². The van der Waals surface area contributed by atoms with Crippen LogP contribution < -0.4 is 15.8 Å². The standard InChI is InChI=1S/C11H16N2O/c1-2-7-13-8-9-14-11-6-4-3-5-10(11)12/h2-6,13H,1,7-9,12H2. The van der Waals surface area contributed by atoms with E-state index in [1.165, 1.54) is 0 Å². The van der Waals surface area contributed by atoms with Crippen molar-refractivity contribution in [2.75, 3.05) is 25.4 Å². The second kappa shape index (κ2) is 6.05. The number of rotatable bonds is 6. The third-order valence-electron chi connectivity index (χ3n) is 1.74. The summed E-state index contributed by atoms with van der Waals surface area (Å²) < 4.78 is 5.46. The van der Waals surface area contributed by atoms with E-state index in [0.717, 1.165) is 18.8 Å². The third kappa shape index (κ3) is 3.49. The third-order valence-corrected chi connectivity index (χ3v) is 1.74. The van der Waals surface area contributed by atoms with E-state index in [2.05, 4.69) is 11.9 Å². The van der Waals surface area contributed by atoms with E-state index in [4.69, 9.17) is 10.5 Å². The van der Waals surface area contributed by atoms with Gasteiger partial charge in [-0.1, -0.05) is 18.2 Å². The zero-order chi connectivity index (χ0) is 10.2. The molecule has 1 aromatic carbocycles. The van der Waals surface area contributed by atoms with Gasteiger partial charge in [-0.2, -0.15) is 0 Å². The minimum absolute atomic E-state index is 0.613. The van der Waals surface area contributed by atoms with E-state index in [1.54, 1.807) is 0 Å². The molecule has 1 rings (SSSR count). The highest BCUT2D eigenvalue weighted by Crippen LogP contribution is 2.19. The molecule has 14 heavy (non-hydrogen) atoms. The van der Waals surface area contributed by atoms with Crippen LogP contribution in [0.15, 0.2) is 36.9 Å². The average molecular weight is 192 g/mol. The summed E-state index contributed by atoms with van der Waals surface area (Å²) in [5, 5.41) is 3.14. The van der Waals surface area contributed by atoms with Crippen molar-refractivity contribution in [2.24, 2.45) is 0 Å². The molecule has 0 saturated heterocycles. The van der Waals surface area contributed by atoms with Crippen LogP contribution in [-0.4, -0.2) is 19.7 Å². The summed E-state index contributed by atoms with van der Waals surface area (Å²) in [4.78, 5) is 0. The summed E-state index contributed by atoms with van der Waals surface area (Å²) >= 11 is 0. The normalized spacial score (nSPS) is 9.71. The Balaban J connectivity index is 2.24. The monoisotopic (exact) mass is 192 g/mol. The van der Waals surface area contributed by atoms with Crippen molar-refractivity contribution >= 4 is 5.69 Å². The van der Waals surface area contributed by atoms with Crippen LogP contribution in [0.2, 0.25) is 0 Å². The highest BCUT2D eigenvalue weighted by atomic mass is 16.5. The number of hydrogen-bond donors (Lipinski definition) is 2. The second-order valence-electron chi connectivity index (χ2n) is 2.88. The van der Waals surface area contributed by atoms with Gasteiger partial charge in [0.1, 0.15) is 12.4 Å². The topological polar surface area (TPSA) is 47.3 Å². The van der Waals surface area contributed by atoms with Gasteiger partial charge in [0.2, 0.25) is 0 Å². The molecule has 0 aliphatic heterocycles. The van der Waals surface area contributed by atoms with Crippen molar-refractivity contribution in [1.29, 1.82) is 0 Å². The lowest BCUT2D eigenvalue weighted by Gasteiger charge is -2.08. The molecule has 0 heterocycles. The summed E-state index contributed by atoms with van der Waals surface area (Å²) in [5.41, 5.74) is 6.38. The molecule has 76 valence electrons. The maximum Gasteiger partial charge on any atom is 0.142 e. The van der Waals surface area contributed by atoms with Gasteiger partial charge in [0.25, 0.3) is 0 Å². The number of nitrogens with two attached hydrogens (primary N) is 1. The first-order valence-electron chi connectivity index (χ1n) is 4.63. The van der Waals surface area contributed by atoms with Gasteiger partial charge < -0.3 is 15.8 Å². The number of para-hydroxylation sites is 2. The Morgan fingerprint density at radius 1 is 1.43 bits per heavy atom. The van der Waals surface area contributed by atoms with Gasteiger partial charge in [0.05, 0.1) is 5.69 Å². The van der Waals surface area contributed by atoms with Crippen molar-refractivity contribution in [3.8, 4) is 5.75 Å². The Labute approximate surface area is 84.6 Å². The van der Waals surface area contributed by atoms with Gasteiger partial charge >= 0.3 is 0 Å². The van der Waals surface area contributed by atoms with Crippen LogP contribution >= 0.6 is 0 Å². The molecule has 0 spiro atoms. The van der Waals surface area contributed by atoms with Crippen LogP contribution in [-0.2, 0) is 0 Å². The molecule has 3 nitrogen and oxygen atoms in total. The number of ether oxygens (including phenoxy) is 1. The van der Waals surface area contributed by atoms with Crippen molar-refractivity contribution in [3.05, 3.63) is 36.9 Å². The molecule has 0 aliphatic carbocycles. The fourth-order valence-corrected chi connectivity index (χ4v) is 1.05. The zero-order valence-electron chi connectivity index (χ0n) is 8.20. The van der Waals surface area contributed by atoms with Crippen molar-refractivity contribution in [2.45, 2.75) is 0 Å². The molecule has 3 heteroatoms. The molecule has 0 amide bonds. The summed E-state index contributed by atoms with van der Waals surface area (Å²) in [7, 11) is 0. The van der Waals surface area contributed by atoms with Gasteiger partial charge in [-0.3, -0.25) is 0 Å². The smallest absolute Gasteiger partial charge is 0.142 e. The molecule has 1 aromatic rings. The molecule has 0 bridgehead atoms. The molecular formula is C11H16N2O. The molecule has 0 aliphatic rings. The Morgan fingerprint density at radius 2 is 2.21 bits per heavy atom. The molecule has 0 atom stereocenters. The minimum Gasteiger partial charge on any atom is -0.490 e. The number of benzene rings is 1. The van der Waals surface area contributed by atoms with E-state index < -0.39 is 0 Å². The quantitative estimate of drug-likeness (QED) is 0.407. The molecule has 0 aromatic heterocycles. The molecular weight excluding hydrogens is 176 g/mol. The fraction of sp³-hybridized carbons (Fsp3) is 0.273. The molecule has 0 fully saturated rings. The van der Waals surface area contributed by atoms with Crippen molar-refractivity contribution in [1.82, 2.24) is 5.32 Å². The van der Waals surface area contributed by atoms with Crippen molar-refractivity contribution < 1.29 is 4.74 Å². The molecule has 0 radical (unpaired) electrons. The number of anilines is 1. The van der Waals surface area contributed by atoms with E-state index in [0.29, 0.717) is 12.3 Å². The van der Waals surface area contributed by atoms with Crippen LogP contribution in [0.5, 0.6) is 5.75 Å². The maximum atomic E-state index is 5.70. The summed E-state index contributed by atoms with van der Waals surface area (Å²) in [6, 6.07) is 7.48. The summed E-state index contributed by atoms with van der Waals surface area (Å²) in [5.74, 6) is 0.743. The lowest BCUT2D eigenvalue weighted by Crippen LogP contribution is -2.21. The number of hydrogen-bond acceptors (Lipinski definition) is 3. The van der Waals surface area contributed by atoms with E-state index >= 15 is 0 Å².